The number of carbonyl (C=O) groups excluding carboxylic acids is 2. The highest BCUT2D eigenvalue weighted by atomic mass is 35.5. The lowest BCUT2D eigenvalue weighted by Crippen LogP contribution is -2.22. The monoisotopic (exact) mass is 378 g/mol. The molecule has 0 unspecified atom stereocenters. The van der Waals surface area contributed by atoms with Crippen LogP contribution < -0.4 is 20.1 Å². The molecule has 2 aromatic carbocycles. The van der Waals surface area contributed by atoms with E-state index >= 15 is 0 Å². The van der Waals surface area contributed by atoms with E-state index in [9.17, 15) is 9.59 Å². The lowest BCUT2D eigenvalue weighted by atomic mass is 10.2. The molecule has 7 nitrogen and oxygen atoms in total. The van der Waals surface area contributed by atoms with E-state index in [1.54, 1.807) is 37.4 Å². The van der Waals surface area contributed by atoms with Crippen LogP contribution in [-0.2, 0) is 9.53 Å². The molecule has 2 aromatic rings. The number of esters is 1. The average molecular weight is 379 g/mol. The zero-order valence-corrected chi connectivity index (χ0v) is 15.3. The van der Waals surface area contributed by atoms with Crippen molar-refractivity contribution in [3.63, 3.8) is 0 Å². The molecule has 2 rings (SSSR count). The minimum Gasteiger partial charge on any atom is -0.497 e. The Morgan fingerprint density at radius 1 is 1.04 bits per heavy atom. The van der Waals surface area contributed by atoms with E-state index in [0.717, 1.165) is 0 Å². The van der Waals surface area contributed by atoms with E-state index in [-0.39, 0.29) is 23.0 Å². The number of benzene rings is 2. The Hall–Kier alpha value is -2.93. The average Bonchev–Trinajstić information content (AvgIpc) is 2.67. The number of hydrogen-bond donors (Lipinski definition) is 2. The Morgan fingerprint density at radius 3 is 2.46 bits per heavy atom. The molecule has 0 aliphatic rings. The first-order chi connectivity index (χ1) is 12.5. The van der Waals surface area contributed by atoms with Crippen LogP contribution in [0.15, 0.2) is 36.4 Å². The molecule has 0 radical (unpaired) electrons. The minimum atomic E-state index is -0.550. The first-order valence-electron chi connectivity index (χ1n) is 7.62. The quantitative estimate of drug-likeness (QED) is 0.719. The summed E-state index contributed by atoms with van der Waals surface area (Å²) in [4.78, 5) is 23.8. The van der Waals surface area contributed by atoms with E-state index in [2.05, 4.69) is 15.4 Å². The molecule has 0 heterocycles. The van der Waals surface area contributed by atoms with Gasteiger partial charge >= 0.3 is 5.97 Å². The van der Waals surface area contributed by atoms with Gasteiger partial charge in [0.25, 0.3) is 0 Å². The van der Waals surface area contributed by atoms with Crippen LogP contribution in [0.25, 0.3) is 0 Å². The van der Waals surface area contributed by atoms with E-state index in [4.69, 9.17) is 21.1 Å². The molecule has 0 aliphatic carbocycles. The molecule has 1 amide bonds. The maximum Gasteiger partial charge on any atom is 0.339 e. The third-order valence-corrected chi connectivity index (χ3v) is 3.84. The number of hydrogen-bond acceptors (Lipinski definition) is 6. The van der Waals surface area contributed by atoms with Gasteiger partial charge in [-0.25, -0.2) is 4.79 Å². The summed E-state index contributed by atoms with van der Waals surface area (Å²) in [6, 6.07) is 9.82. The number of carbonyl (C=O) groups is 2. The van der Waals surface area contributed by atoms with Crippen molar-refractivity contribution in [3.05, 3.63) is 47.0 Å². The van der Waals surface area contributed by atoms with Gasteiger partial charge in [0.1, 0.15) is 11.5 Å². The van der Waals surface area contributed by atoms with Crippen molar-refractivity contribution in [1.82, 2.24) is 0 Å². The number of amides is 1. The van der Waals surface area contributed by atoms with Crippen molar-refractivity contribution in [3.8, 4) is 11.5 Å². The molecule has 0 aliphatic heterocycles. The van der Waals surface area contributed by atoms with Crippen molar-refractivity contribution in [2.75, 3.05) is 38.5 Å². The van der Waals surface area contributed by atoms with Gasteiger partial charge in [-0.05, 0) is 30.3 Å². The SMILES string of the molecule is COC(=O)c1cc(NCC(=O)Nc2ccc(OC)cc2OC)ccc1Cl. The van der Waals surface area contributed by atoms with Crippen LogP contribution in [0.5, 0.6) is 11.5 Å². The largest absolute Gasteiger partial charge is 0.497 e. The smallest absolute Gasteiger partial charge is 0.339 e. The van der Waals surface area contributed by atoms with Crippen molar-refractivity contribution in [2.45, 2.75) is 0 Å². The van der Waals surface area contributed by atoms with E-state index in [1.165, 1.54) is 20.3 Å². The van der Waals surface area contributed by atoms with Crippen LogP contribution >= 0.6 is 11.6 Å². The fourth-order valence-corrected chi connectivity index (χ4v) is 2.37. The second-order valence-electron chi connectivity index (χ2n) is 5.15. The highest BCUT2D eigenvalue weighted by Crippen LogP contribution is 2.29. The Kier molecular flexibility index (Phi) is 6.68. The molecule has 0 aromatic heterocycles. The van der Waals surface area contributed by atoms with E-state index in [0.29, 0.717) is 22.9 Å². The summed E-state index contributed by atoms with van der Waals surface area (Å²) < 4.78 is 15.0. The molecule has 0 spiro atoms. The van der Waals surface area contributed by atoms with Gasteiger partial charge in [-0.2, -0.15) is 0 Å². The molecule has 0 atom stereocenters. The van der Waals surface area contributed by atoms with Crippen LogP contribution in [0.2, 0.25) is 5.02 Å². The zero-order valence-electron chi connectivity index (χ0n) is 14.6. The summed E-state index contributed by atoms with van der Waals surface area (Å²) in [6.45, 7) is -0.0164. The maximum absolute atomic E-state index is 12.2. The lowest BCUT2D eigenvalue weighted by Gasteiger charge is -2.13. The molecular formula is C18H19ClN2O5. The summed E-state index contributed by atoms with van der Waals surface area (Å²) in [5.41, 5.74) is 1.30. The minimum absolute atomic E-state index is 0.0164. The van der Waals surface area contributed by atoms with Crippen molar-refractivity contribution >= 4 is 34.9 Å². The first-order valence-corrected chi connectivity index (χ1v) is 8.00. The molecule has 26 heavy (non-hydrogen) atoms. The standard InChI is InChI=1S/C18H19ClN2O5/c1-24-12-5-7-15(16(9-12)25-2)21-17(22)10-20-11-4-6-14(19)13(8-11)18(23)26-3/h4-9,20H,10H2,1-3H3,(H,21,22). The molecule has 138 valence electrons. The number of rotatable bonds is 7. The lowest BCUT2D eigenvalue weighted by molar-refractivity contribution is -0.114. The molecular weight excluding hydrogens is 360 g/mol. The third kappa shape index (κ3) is 4.80. The number of halogens is 1. The topological polar surface area (TPSA) is 85.9 Å². The summed E-state index contributed by atoms with van der Waals surface area (Å²) in [5.74, 6) is 0.265. The predicted octanol–water partition coefficient (Wildman–Crippen LogP) is 3.19. The van der Waals surface area contributed by atoms with E-state index in [1.807, 2.05) is 0 Å². The highest BCUT2D eigenvalue weighted by molar-refractivity contribution is 6.33. The fraction of sp³-hybridized carbons (Fsp3) is 0.222. The number of anilines is 2. The summed E-state index contributed by atoms with van der Waals surface area (Å²) >= 11 is 5.97. The molecule has 0 fully saturated rings. The molecule has 0 bridgehead atoms. The van der Waals surface area contributed by atoms with Crippen molar-refractivity contribution < 1.29 is 23.8 Å². The number of nitrogens with one attached hydrogen (secondary N) is 2. The van der Waals surface area contributed by atoms with Crippen LogP contribution in [0.1, 0.15) is 10.4 Å². The molecule has 2 N–H and O–H groups in total. The van der Waals surface area contributed by atoms with Crippen molar-refractivity contribution in [2.24, 2.45) is 0 Å². The van der Waals surface area contributed by atoms with Crippen LogP contribution in [0.3, 0.4) is 0 Å². The van der Waals surface area contributed by atoms with E-state index < -0.39 is 5.97 Å². The third-order valence-electron chi connectivity index (χ3n) is 3.51. The zero-order chi connectivity index (χ0) is 19.1. The normalized spacial score (nSPS) is 10.0. The van der Waals surface area contributed by atoms with Crippen LogP contribution in [0.4, 0.5) is 11.4 Å². The second-order valence-corrected chi connectivity index (χ2v) is 5.56. The van der Waals surface area contributed by atoms with Gasteiger partial charge in [0.15, 0.2) is 0 Å². The summed E-state index contributed by atoms with van der Waals surface area (Å²) in [7, 11) is 4.32. The first kappa shape index (κ1) is 19.4. The summed E-state index contributed by atoms with van der Waals surface area (Å²) in [6.07, 6.45) is 0. The van der Waals surface area contributed by atoms with Crippen molar-refractivity contribution in [1.29, 1.82) is 0 Å². The molecule has 8 heteroatoms. The molecule has 0 saturated carbocycles. The highest BCUT2D eigenvalue weighted by Gasteiger charge is 2.13. The van der Waals surface area contributed by atoms with Gasteiger partial charge in [0.2, 0.25) is 5.91 Å². The van der Waals surface area contributed by atoms with Gasteiger partial charge in [0.05, 0.1) is 44.1 Å². The van der Waals surface area contributed by atoms with Gasteiger partial charge in [-0.3, -0.25) is 4.79 Å². The fourth-order valence-electron chi connectivity index (χ4n) is 2.18. The Morgan fingerprint density at radius 2 is 1.81 bits per heavy atom. The maximum atomic E-state index is 12.2. The van der Waals surface area contributed by atoms with Gasteiger partial charge in [0, 0.05) is 11.8 Å². The van der Waals surface area contributed by atoms with Gasteiger partial charge in [-0.1, -0.05) is 11.6 Å². The van der Waals surface area contributed by atoms with Crippen LogP contribution in [0, 0.1) is 0 Å². The van der Waals surface area contributed by atoms with Gasteiger partial charge in [-0.15, -0.1) is 0 Å². The second kappa shape index (κ2) is 8.96. The number of ether oxygens (including phenoxy) is 3. The Bertz CT molecular complexity index is 810. The van der Waals surface area contributed by atoms with Crippen LogP contribution in [-0.4, -0.2) is 39.8 Å². The Balaban J connectivity index is 2.02. The van der Waals surface area contributed by atoms with Gasteiger partial charge < -0.3 is 24.8 Å². The predicted molar refractivity (Wildman–Crippen MR) is 99.5 cm³/mol. The summed E-state index contributed by atoms with van der Waals surface area (Å²) in [5, 5.41) is 5.94. The number of methoxy groups -OCH3 is 3. The molecule has 0 saturated heterocycles. The Labute approximate surface area is 156 Å².